The number of nitrogens with one attached hydrogen (secondary N) is 1. The molecule has 3 rings (SSSR count). The van der Waals surface area contributed by atoms with Crippen LogP contribution in [-0.4, -0.2) is 20.2 Å². The summed E-state index contributed by atoms with van der Waals surface area (Å²) in [5.74, 6) is 0.494. The summed E-state index contributed by atoms with van der Waals surface area (Å²) in [6, 6.07) is 21.3. The second kappa shape index (κ2) is 6.42. The van der Waals surface area contributed by atoms with E-state index in [1.165, 1.54) is 11.1 Å². The molecule has 1 saturated heterocycles. The van der Waals surface area contributed by atoms with Gasteiger partial charge >= 0.3 is 0 Å². The fourth-order valence-corrected chi connectivity index (χ4v) is 3.64. The average molecular weight is 281 g/mol. The van der Waals surface area contributed by atoms with Crippen molar-refractivity contribution in [3.63, 3.8) is 0 Å². The molecule has 1 aliphatic heterocycles. The summed E-state index contributed by atoms with van der Waals surface area (Å²) in [5, 5.41) is 3.46. The van der Waals surface area contributed by atoms with Crippen LogP contribution in [0.4, 0.5) is 0 Å². The van der Waals surface area contributed by atoms with Crippen molar-refractivity contribution in [3.05, 3.63) is 71.8 Å². The zero-order valence-corrected chi connectivity index (χ0v) is 12.6. The van der Waals surface area contributed by atoms with E-state index in [0.717, 1.165) is 25.9 Å². The minimum absolute atomic E-state index is 0.343. The maximum Gasteiger partial charge on any atom is 0.121 e. The number of rotatable bonds is 4. The van der Waals surface area contributed by atoms with E-state index in [1.807, 2.05) is 7.11 Å². The quantitative estimate of drug-likeness (QED) is 0.925. The topological polar surface area (TPSA) is 21.3 Å². The molecule has 2 aromatic rings. The molecule has 0 saturated carbocycles. The maximum absolute atomic E-state index is 6.22. The molecule has 1 heterocycles. The van der Waals surface area contributed by atoms with Gasteiger partial charge < -0.3 is 10.1 Å². The molecule has 0 radical (unpaired) electrons. The summed E-state index contributed by atoms with van der Waals surface area (Å²) in [4.78, 5) is 0. The third-order valence-corrected chi connectivity index (χ3v) is 4.64. The lowest BCUT2D eigenvalue weighted by molar-refractivity contribution is -0.0397. The van der Waals surface area contributed by atoms with E-state index in [0.29, 0.717) is 5.92 Å². The summed E-state index contributed by atoms with van der Waals surface area (Å²) in [6.45, 7) is 2.13. The molecule has 1 fully saturated rings. The minimum Gasteiger partial charge on any atom is -0.368 e. The number of hydrogen-bond donors (Lipinski definition) is 1. The number of piperidine rings is 1. The van der Waals surface area contributed by atoms with Crippen molar-refractivity contribution >= 4 is 0 Å². The second-order valence-electron chi connectivity index (χ2n) is 5.70. The maximum atomic E-state index is 6.22. The fourth-order valence-electron chi connectivity index (χ4n) is 3.64. The van der Waals surface area contributed by atoms with Gasteiger partial charge in [-0.1, -0.05) is 60.7 Å². The van der Waals surface area contributed by atoms with Gasteiger partial charge in [0.05, 0.1) is 0 Å². The second-order valence-corrected chi connectivity index (χ2v) is 5.70. The van der Waals surface area contributed by atoms with E-state index in [2.05, 4.69) is 66.0 Å². The monoisotopic (exact) mass is 281 g/mol. The molecule has 0 aliphatic carbocycles. The Morgan fingerprint density at radius 2 is 1.33 bits per heavy atom. The highest BCUT2D eigenvalue weighted by Gasteiger charge is 2.42. The Morgan fingerprint density at radius 1 is 0.857 bits per heavy atom. The Kier molecular flexibility index (Phi) is 4.37. The molecule has 1 aliphatic rings. The van der Waals surface area contributed by atoms with Gasteiger partial charge in [0, 0.05) is 7.11 Å². The van der Waals surface area contributed by atoms with Crippen LogP contribution in [0.1, 0.15) is 24.0 Å². The van der Waals surface area contributed by atoms with Gasteiger partial charge in [0.2, 0.25) is 0 Å². The molecule has 0 amide bonds. The highest BCUT2D eigenvalue weighted by atomic mass is 16.5. The van der Waals surface area contributed by atoms with Crippen molar-refractivity contribution < 1.29 is 4.74 Å². The Bertz CT molecular complexity index is 507. The zero-order valence-electron chi connectivity index (χ0n) is 12.6. The molecule has 0 spiro atoms. The van der Waals surface area contributed by atoms with Gasteiger partial charge in [-0.15, -0.1) is 0 Å². The fraction of sp³-hybridized carbons (Fsp3) is 0.368. The van der Waals surface area contributed by atoms with Crippen molar-refractivity contribution in [1.82, 2.24) is 5.32 Å². The largest absolute Gasteiger partial charge is 0.368 e. The predicted molar refractivity (Wildman–Crippen MR) is 86.3 cm³/mol. The number of benzene rings is 2. The molecule has 2 nitrogen and oxygen atoms in total. The molecule has 0 bridgehead atoms. The van der Waals surface area contributed by atoms with Crippen LogP contribution in [0.3, 0.4) is 0 Å². The summed E-state index contributed by atoms with van der Waals surface area (Å²) in [6.07, 6.45) is 2.27. The standard InChI is InChI=1S/C19H23NO/c1-21-19(16-8-4-2-5-9-16,17-10-6-3-7-11-17)18-12-14-20-15-13-18/h2-11,18,20H,12-15H2,1H3. The van der Waals surface area contributed by atoms with Crippen LogP contribution >= 0.6 is 0 Å². The van der Waals surface area contributed by atoms with E-state index >= 15 is 0 Å². The molecule has 0 unspecified atom stereocenters. The Hall–Kier alpha value is -1.64. The van der Waals surface area contributed by atoms with Crippen molar-refractivity contribution in [2.45, 2.75) is 18.4 Å². The highest BCUT2D eigenvalue weighted by molar-refractivity contribution is 5.37. The summed E-state index contributed by atoms with van der Waals surface area (Å²) in [5.41, 5.74) is 2.17. The summed E-state index contributed by atoms with van der Waals surface area (Å²) in [7, 11) is 1.85. The van der Waals surface area contributed by atoms with Crippen LogP contribution in [0.15, 0.2) is 60.7 Å². The first kappa shape index (κ1) is 14.3. The molecular weight excluding hydrogens is 258 g/mol. The lowest BCUT2D eigenvalue weighted by Gasteiger charge is -2.42. The molecule has 0 atom stereocenters. The van der Waals surface area contributed by atoms with Crippen LogP contribution in [0.5, 0.6) is 0 Å². The lowest BCUT2D eigenvalue weighted by Crippen LogP contribution is -2.44. The summed E-state index contributed by atoms with van der Waals surface area (Å²) < 4.78 is 6.22. The first-order valence-electron chi connectivity index (χ1n) is 7.75. The molecular formula is C19H23NO. The van der Waals surface area contributed by atoms with Crippen molar-refractivity contribution in [3.8, 4) is 0 Å². The minimum atomic E-state index is -0.343. The molecule has 2 heteroatoms. The predicted octanol–water partition coefficient (Wildman–Crippen LogP) is 3.58. The molecule has 1 N–H and O–H groups in total. The smallest absolute Gasteiger partial charge is 0.121 e. The average Bonchev–Trinajstić information content (AvgIpc) is 2.59. The molecule has 0 aromatic heterocycles. The van der Waals surface area contributed by atoms with Gasteiger partial charge in [-0.25, -0.2) is 0 Å². The van der Waals surface area contributed by atoms with Crippen LogP contribution in [-0.2, 0) is 10.3 Å². The van der Waals surface area contributed by atoms with Crippen LogP contribution in [0.2, 0.25) is 0 Å². The van der Waals surface area contributed by atoms with Crippen LogP contribution < -0.4 is 5.32 Å². The van der Waals surface area contributed by atoms with Gasteiger partial charge in [0.25, 0.3) is 0 Å². The third kappa shape index (κ3) is 2.61. The Balaban J connectivity index is 2.12. The van der Waals surface area contributed by atoms with Crippen molar-refractivity contribution in [2.75, 3.05) is 20.2 Å². The van der Waals surface area contributed by atoms with Gasteiger partial charge in [-0.2, -0.15) is 0 Å². The number of hydrogen-bond acceptors (Lipinski definition) is 2. The first-order chi connectivity index (χ1) is 10.4. The van der Waals surface area contributed by atoms with Crippen molar-refractivity contribution in [2.24, 2.45) is 5.92 Å². The van der Waals surface area contributed by atoms with Crippen LogP contribution in [0.25, 0.3) is 0 Å². The van der Waals surface area contributed by atoms with Gasteiger partial charge in [0.1, 0.15) is 5.60 Å². The third-order valence-electron chi connectivity index (χ3n) is 4.64. The highest BCUT2D eigenvalue weighted by Crippen LogP contribution is 2.43. The summed E-state index contributed by atoms with van der Waals surface area (Å²) >= 11 is 0. The van der Waals surface area contributed by atoms with E-state index in [4.69, 9.17) is 4.74 Å². The van der Waals surface area contributed by atoms with E-state index in [1.54, 1.807) is 0 Å². The zero-order chi connectivity index (χ0) is 14.5. The van der Waals surface area contributed by atoms with E-state index < -0.39 is 0 Å². The van der Waals surface area contributed by atoms with E-state index in [-0.39, 0.29) is 5.60 Å². The molecule has 21 heavy (non-hydrogen) atoms. The Labute approximate surface area is 127 Å². The van der Waals surface area contributed by atoms with Gasteiger partial charge in [0.15, 0.2) is 0 Å². The SMILES string of the molecule is COC(c1ccccc1)(c1ccccc1)C1CCNCC1. The number of ether oxygens (including phenoxy) is 1. The van der Waals surface area contributed by atoms with E-state index in [9.17, 15) is 0 Å². The first-order valence-corrected chi connectivity index (χ1v) is 7.75. The Morgan fingerprint density at radius 3 is 1.76 bits per heavy atom. The number of methoxy groups -OCH3 is 1. The van der Waals surface area contributed by atoms with Crippen LogP contribution in [0, 0.1) is 5.92 Å². The molecule has 110 valence electrons. The molecule has 2 aromatic carbocycles. The van der Waals surface area contributed by atoms with Gasteiger partial charge in [-0.05, 0) is 43.0 Å². The normalized spacial score (nSPS) is 16.8. The van der Waals surface area contributed by atoms with Crippen molar-refractivity contribution in [1.29, 1.82) is 0 Å². The van der Waals surface area contributed by atoms with Gasteiger partial charge in [-0.3, -0.25) is 0 Å². The lowest BCUT2D eigenvalue weighted by atomic mass is 9.72.